The number of benzene rings is 2. The van der Waals surface area contributed by atoms with Gasteiger partial charge in [-0.05, 0) is 30.3 Å². The average Bonchev–Trinajstić information content (AvgIpc) is 3.05. The number of pyridine rings is 1. The summed E-state index contributed by atoms with van der Waals surface area (Å²) < 4.78 is 24.4. The molecule has 0 aliphatic carbocycles. The second-order valence-electron chi connectivity index (χ2n) is 5.24. The van der Waals surface area contributed by atoms with Gasteiger partial charge in [0.1, 0.15) is 11.5 Å². The molecule has 0 fully saturated rings. The van der Waals surface area contributed by atoms with Crippen molar-refractivity contribution in [2.75, 3.05) is 17.8 Å². The molecule has 120 valence electrons. The van der Waals surface area contributed by atoms with Crippen LogP contribution < -0.4 is 20.5 Å². The Morgan fingerprint density at radius 3 is 2.88 bits per heavy atom. The zero-order valence-corrected chi connectivity index (χ0v) is 12.4. The second kappa shape index (κ2) is 5.38. The molecule has 0 atom stereocenters. The molecule has 0 radical (unpaired) electrons. The number of ether oxygens (including phenoxy) is 2. The number of aromatic nitrogens is 1. The Kier molecular flexibility index (Phi) is 3.19. The van der Waals surface area contributed by atoms with E-state index in [9.17, 15) is 9.18 Å². The number of hydrogen-bond donors (Lipinski definition) is 2. The maximum atomic E-state index is 13.9. The number of carbonyl (C=O) groups excluding carboxylic acids is 1. The molecule has 2 heterocycles. The first-order chi connectivity index (χ1) is 11.6. The SMILES string of the molecule is Nc1ccc(F)c2ccnc(C(=O)Nc3ccc4c(c3)OCO4)c12. The highest BCUT2D eigenvalue weighted by atomic mass is 19.1. The smallest absolute Gasteiger partial charge is 0.274 e. The zero-order chi connectivity index (χ0) is 16.7. The van der Waals surface area contributed by atoms with Crippen LogP contribution in [0.2, 0.25) is 0 Å². The Labute approximate surface area is 136 Å². The molecule has 0 unspecified atom stereocenters. The maximum absolute atomic E-state index is 13.9. The number of halogens is 1. The van der Waals surface area contributed by atoms with E-state index in [1.54, 1.807) is 18.2 Å². The lowest BCUT2D eigenvalue weighted by molar-refractivity contribution is 0.102. The van der Waals surface area contributed by atoms with Crippen LogP contribution in [0.4, 0.5) is 15.8 Å². The van der Waals surface area contributed by atoms with Gasteiger partial charge in [-0.15, -0.1) is 0 Å². The number of nitrogens with two attached hydrogens (primary N) is 1. The van der Waals surface area contributed by atoms with Crippen molar-refractivity contribution in [3.8, 4) is 11.5 Å². The van der Waals surface area contributed by atoms with Crippen LogP contribution in [0.15, 0.2) is 42.6 Å². The number of hydrogen-bond acceptors (Lipinski definition) is 5. The normalized spacial score (nSPS) is 12.4. The molecule has 0 bridgehead atoms. The Balaban J connectivity index is 1.73. The van der Waals surface area contributed by atoms with Crippen LogP contribution >= 0.6 is 0 Å². The van der Waals surface area contributed by atoms with Crippen molar-refractivity contribution >= 4 is 28.1 Å². The van der Waals surface area contributed by atoms with Crippen LogP contribution in [0.25, 0.3) is 10.8 Å². The van der Waals surface area contributed by atoms with Crippen molar-refractivity contribution in [3.63, 3.8) is 0 Å². The Hall–Kier alpha value is -3.35. The molecule has 1 aliphatic rings. The van der Waals surface area contributed by atoms with E-state index in [2.05, 4.69) is 10.3 Å². The minimum absolute atomic E-state index is 0.0576. The van der Waals surface area contributed by atoms with E-state index in [-0.39, 0.29) is 28.9 Å². The van der Waals surface area contributed by atoms with Gasteiger partial charge in [-0.1, -0.05) is 0 Å². The highest BCUT2D eigenvalue weighted by molar-refractivity contribution is 6.14. The molecule has 1 aliphatic heterocycles. The number of nitrogen functional groups attached to an aromatic ring is 1. The molecule has 4 rings (SSSR count). The molecule has 0 spiro atoms. The van der Waals surface area contributed by atoms with E-state index < -0.39 is 11.7 Å². The molecule has 1 amide bonds. The van der Waals surface area contributed by atoms with E-state index in [1.807, 2.05) is 0 Å². The van der Waals surface area contributed by atoms with Crippen molar-refractivity contribution in [3.05, 3.63) is 54.1 Å². The van der Waals surface area contributed by atoms with Gasteiger partial charge in [-0.2, -0.15) is 0 Å². The fraction of sp³-hybridized carbons (Fsp3) is 0.0588. The van der Waals surface area contributed by atoms with Crippen molar-refractivity contribution < 1.29 is 18.7 Å². The van der Waals surface area contributed by atoms with Crippen LogP contribution in [0.3, 0.4) is 0 Å². The maximum Gasteiger partial charge on any atom is 0.274 e. The van der Waals surface area contributed by atoms with E-state index in [0.29, 0.717) is 17.2 Å². The molecule has 2 aromatic carbocycles. The fourth-order valence-electron chi connectivity index (χ4n) is 2.63. The summed E-state index contributed by atoms with van der Waals surface area (Å²) in [6.45, 7) is 0.146. The van der Waals surface area contributed by atoms with Gasteiger partial charge in [0.15, 0.2) is 11.5 Å². The van der Waals surface area contributed by atoms with E-state index in [0.717, 1.165) is 0 Å². The standard InChI is InChI=1S/C17H12FN3O3/c18-11-2-3-12(19)15-10(11)5-6-20-16(15)17(22)21-9-1-4-13-14(7-9)24-8-23-13/h1-7H,8,19H2,(H,21,22). The first kappa shape index (κ1) is 14.3. The third kappa shape index (κ3) is 2.26. The van der Waals surface area contributed by atoms with Gasteiger partial charge in [0, 0.05) is 34.4 Å². The van der Waals surface area contributed by atoms with E-state index >= 15 is 0 Å². The Bertz CT molecular complexity index is 975. The van der Waals surface area contributed by atoms with E-state index in [1.165, 1.54) is 24.4 Å². The third-order valence-corrected chi connectivity index (χ3v) is 3.75. The summed E-state index contributed by atoms with van der Waals surface area (Å²) in [4.78, 5) is 16.6. The van der Waals surface area contributed by atoms with Gasteiger partial charge in [-0.3, -0.25) is 9.78 Å². The van der Waals surface area contributed by atoms with Gasteiger partial charge < -0.3 is 20.5 Å². The predicted molar refractivity (Wildman–Crippen MR) is 86.6 cm³/mol. The quantitative estimate of drug-likeness (QED) is 0.708. The summed E-state index contributed by atoms with van der Waals surface area (Å²) in [7, 11) is 0. The van der Waals surface area contributed by atoms with Crippen LogP contribution in [0.1, 0.15) is 10.5 Å². The monoisotopic (exact) mass is 325 g/mol. The summed E-state index contributed by atoms with van der Waals surface area (Å²) in [5.41, 5.74) is 6.76. The summed E-state index contributed by atoms with van der Waals surface area (Å²) in [6.07, 6.45) is 1.37. The molecular weight excluding hydrogens is 313 g/mol. The molecule has 0 saturated carbocycles. The molecule has 3 aromatic rings. The molecule has 7 heteroatoms. The number of nitrogens with zero attached hydrogens (tertiary/aromatic N) is 1. The van der Waals surface area contributed by atoms with Gasteiger partial charge in [-0.25, -0.2) is 4.39 Å². The van der Waals surface area contributed by atoms with Gasteiger partial charge in [0.25, 0.3) is 5.91 Å². The summed E-state index contributed by atoms with van der Waals surface area (Å²) >= 11 is 0. The topological polar surface area (TPSA) is 86.5 Å². The Morgan fingerprint density at radius 2 is 2.00 bits per heavy atom. The first-order valence-electron chi connectivity index (χ1n) is 7.17. The predicted octanol–water partition coefficient (Wildman–Crippen LogP) is 2.94. The number of rotatable bonds is 2. The lowest BCUT2D eigenvalue weighted by Crippen LogP contribution is -2.15. The summed E-state index contributed by atoms with van der Waals surface area (Å²) in [5, 5.41) is 3.25. The minimum atomic E-state index is -0.489. The molecule has 24 heavy (non-hydrogen) atoms. The number of fused-ring (bicyclic) bond motifs is 2. The minimum Gasteiger partial charge on any atom is -0.454 e. The van der Waals surface area contributed by atoms with E-state index in [4.69, 9.17) is 15.2 Å². The Morgan fingerprint density at radius 1 is 1.17 bits per heavy atom. The van der Waals surface area contributed by atoms with Crippen molar-refractivity contribution in [1.29, 1.82) is 0 Å². The van der Waals surface area contributed by atoms with Crippen LogP contribution in [0.5, 0.6) is 11.5 Å². The first-order valence-corrected chi connectivity index (χ1v) is 7.17. The van der Waals surface area contributed by atoms with Gasteiger partial charge in [0.2, 0.25) is 6.79 Å². The summed E-state index contributed by atoms with van der Waals surface area (Å²) in [6, 6.07) is 9.19. The van der Waals surface area contributed by atoms with Crippen molar-refractivity contribution in [2.24, 2.45) is 0 Å². The van der Waals surface area contributed by atoms with Crippen LogP contribution in [0, 0.1) is 5.82 Å². The number of amides is 1. The summed E-state index contributed by atoms with van der Waals surface area (Å²) in [5.74, 6) is 0.210. The molecule has 1 aromatic heterocycles. The lowest BCUT2D eigenvalue weighted by atomic mass is 10.1. The van der Waals surface area contributed by atoms with Crippen molar-refractivity contribution in [1.82, 2.24) is 4.98 Å². The molecule has 3 N–H and O–H groups in total. The molecular formula is C17H12FN3O3. The average molecular weight is 325 g/mol. The van der Waals surface area contributed by atoms with Crippen LogP contribution in [-0.4, -0.2) is 17.7 Å². The zero-order valence-electron chi connectivity index (χ0n) is 12.4. The third-order valence-electron chi connectivity index (χ3n) is 3.75. The number of anilines is 2. The van der Waals surface area contributed by atoms with Gasteiger partial charge >= 0.3 is 0 Å². The molecule has 0 saturated heterocycles. The van der Waals surface area contributed by atoms with Gasteiger partial charge in [0.05, 0.1) is 0 Å². The lowest BCUT2D eigenvalue weighted by Gasteiger charge is -2.10. The van der Waals surface area contributed by atoms with Crippen LogP contribution in [-0.2, 0) is 0 Å². The highest BCUT2D eigenvalue weighted by Crippen LogP contribution is 2.34. The van der Waals surface area contributed by atoms with Crippen molar-refractivity contribution in [2.45, 2.75) is 0 Å². The fourth-order valence-corrected chi connectivity index (χ4v) is 2.63. The number of carbonyl (C=O) groups is 1. The molecule has 6 nitrogen and oxygen atoms in total. The number of nitrogens with one attached hydrogen (secondary N) is 1. The second-order valence-corrected chi connectivity index (χ2v) is 5.24. The largest absolute Gasteiger partial charge is 0.454 e. The highest BCUT2D eigenvalue weighted by Gasteiger charge is 2.18.